The van der Waals surface area contributed by atoms with Gasteiger partial charge in [0.05, 0.1) is 6.54 Å². The van der Waals surface area contributed by atoms with Crippen molar-refractivity contribution in [2.45, 2.75) is 33.7 Å². The van der Waals surface area contributed by atoms with Crippen LogP contribution in [0.15, 0.2) is 54.9 Å². The third-order valence-electron chi connectivity index (χ3n) is 3.11. The van der Waals surface area contributed by atoms with E-state index in [9.17, 15) is 4.79 Å². The molecular weight excluding hydrogens is 260 g/mol. The molecule has 0 aliphatic rings. The first-order valence-electron chi connectivity index (χ1n) is 7.20. The Kier molecular flexibility index (Phi) is 4.73. The summed E-state index contributed by atoms with van der Waals surface area (Å²) < 4.78 is 0. The van der Waals surface area contributed by atoms with Gasteiger partial charge in [-0.05, 0) is 29.2 Å². The molecule has 3 heteroatoms. The summed E-state index contributed by atoms with van der Waals surface area (Å²) in [6.45, 7) is 6.79. The van der Waals surface area contributed by atoms with Gasteiger partial charge in [0.25, 0.3) is 0 Å². The second-order valence-corrected chi connectivity index (χ2v) is 6.41. The largest absolute Gasteiger partial charge is 0.308 e. The standard InChI is InChI=1S/C18H22N2O/c1-18(2,3)12-17(21)20(16-9-5-4-6-10-16)14-15-8-7-11-19-13-15/h4-11,13H,12,14H2,1-3H3. The summed E-state index contributed by atoms with van der Waals surface area (Å²) >= 11 is 0. The Hall–Kier alpha value is -2.16. The fourth-order valence-corrected chi connectivity index (χ4v) is 2.15. The van der Waals surface area contributed by atoms with Crippen molar-refractivity contribution in [3.05, 3.63) is 60.4 Å². The molecular formula is C18H22N2O. The van der Waals surface area contributed by atoms with Crippen molar-refractivity contribution in [2.75, 3.05) is 4.90 Å². The first kappa shape index (κ1) is 15.2. The molecule has 3 nitrogen and oxygen atoms in total. The van der Waals surface area contributed by atoms with Crippen LogP contribution in [0, 0.1) is 5.41 Å². The van der Waals surface area contributed by atoms with E-state index in [4.69, 9.17) is 0 Å². The van der Waals surface area contributed by atoms with Crippen molar-refractivity contribution in [3.63, 3.8) is 0 Å². The maximum atomic E-state index is 12.7. The minimum atomic E-state index is -0.0287. The van der Waals surface area contributed by atoms with Crippen LogP contribution >= 0.6 is 0 Å². The molecule has 0 aliphatic heterocycles. The molecule has 0 aliphatic carbocycles. The van der Waals surface area contributed by atoms with Crippen LogP contribution in [0.1, 0.15) is 32.8 Å². The highest BCUT2D eigenvalue weighted by atomic mass is 16.2. The molecule has 0 atom stereocenters. The van der Waals surface area contributed by atoms with Crippen LogP contribution in [0.5, 0.6) is 0 Å². The van der Waals surface area contributed by atoms with Crippen LogP contribution in [0.3, 0.4) is 0 Å². The van der Waals surface area contributed by atoms with Crippen LogP contribution in [0.4, 0.5) is 5.69 Å². The van der Waals surface area contributed by atoms with E-state index in [1.807, 2.05) is 47.4 Å². The second-order valence-electron chi connectivity index (χ2n) is 6.41. The summed E-state index contributed by atoms with van der Waals surface area (Å²) in [5.74, 6) is 0.137. The van der Waals surface area contributed by atoms with Gasteiger partial charge >= 0.3 is 0 Å². The predicted octanol–water partition coefficient (Wildman–Crippen LogP) is 4.05. The van der Waals surface area contributed by atoms with E-state index < -0.39 is 0 Å². The molecule has 1 amide bonds. The van der Waals surface area contributed by atoms with Gasteiger partial charge in [-0.25, -0.2) is 0 Å². The van der Waals surface area contributed by atoms with Crippen molar-refractivity contribution in [1.82, 2.24) is 4.98 Å². The van der Waals surface area contributed by atoms with Crippen molar-refractivity contribution >= 4 is 11.6 Å². The molecule has 2 aromatic rings. The minimum absolute atomic E-state index is 0.0287. The Morgan fingerprint density at radius 1 is 1.10 bits per heavy atom. The monoisotopic (exact) mass is 282 g/mol. The lowest BCUT2D eigenvalue weighted by molar-refractivity contribution is -0.120. The topological polar surface area (TPSA) is 33.2 Å². The highest BCUT2D eigenvalue weighted by Gasteiger charge is 2.22. The number of carbonyl (C=O) groups excluding carboxylic acids is 1. The summed E-state index contributed by atoms with van der Waals surface area (Å²) in [5, 5.41) is 0. The lowest BCUT2D eigenvalue weighted by atomic mass is 9.91. The Bertz CT molecular complexity index is 573. The van der Waals surface area contributed by atoms with E-state index in [2.05, 4.69) is 25.8 Å². The van der Waals surface area contributed by atoms with Gasteiger partial charge in [0, 0.05) is 24.5 Å². The number of para-hydroxylation sites is 1. The Morgan fingerprint density at radius 3 is 2.38 bits per heavy atom. The Morgan fingerprint density at radius 2 is 1.81 bits per heavy atom. The van der Waals surface area contributed by atoms with E-state index in [-0.39, 0.29) is 11.3 Å². The zero-order chi connectivity index (χ0) is 15.3. The quantitative estimate of drug-likeness (QED) is 0.847. The zero-order valence-electron chi connectivity index (χ0n) is 12.9. The average molecular weight is 282 g/mol. The molecule has 0 fully saturated rings. The predicted molar refractivity (Wildman–Crippen MR) is 85.9 cm³/mol. The summed E-state index contributed by atoms with van der Waals surface area (Å²) in [6.07, 6.45) is 4.07. The van der Waals surface area contributed by atoms with Gasteiger partial charge in [0.2, 0.25) is 5.91 Å². The molecule has 21 heavy (non-hydrogen) atoms. The van der Waals surface area contributed by atoms with Crippen molar-refractivity contribution < 1.29 is 4.79 Å². The van der Waals surface area contributed by atoms with E-state index in [1.165, 1.54) is 0 Å². The molecule has 0 bridgehead atoms. The van der Waals surface area contributed by atoms with Gasteiger partial charge in [-0.2, -0.15) is 0 Å². The molecule has 110 valence electrons. The van der Waals surface area contributed by atoms with Gasteiger partial charge in [-0.3, -0.25) is 9.78 Å². The summed E-state index contributed by atoms with van der Waals surface area (Å²) in [7, 11) is 0. The molecule has 1 aromatic heterocycles. The molecule has 2 rings (SSSR count). The number of hydrogen-bond donors (Lipinski definition) is 0. The van der Waals surface area contributed by atoms with Crippen LogP contribution < -0.4 is 4.90 Å². The number of carbonyl (C=O) groups is 1. The number of pyridine rings is 1. The van der Waals surface area contributed by atoms with Gasteiger partial charge in [-0.15, -0.1) is 0 Å². The molecule has 0 saturated heterocycles. The summed E-state index contributed by atoms with van der Waals surface area (Å²) in [4.78, 5) is 18.6. The normalized spacial score (nSPS) is 11.2. The third kappa shape index (κ3) is 4.71. The third-order valence-corrected chi connectivity index (χ3v) is 3.11. The highest BCUT2D eigenvalue weighted by Crippen LogP contribution is 2.24. The first-order chi connectivity index (χ1) is 9.96. The fraction of sp³-hybridized carbons (Fsp3) is 0.333. The van der Waals surface area contributed by atoms with Gasteiger partial charge in [0.15, 0.2) is 0 Å². The van der Waals surface area contributed by atoms with Crippen molar-refractivity contribution in [1.29, 1.82) is 0 Å². The summed E-state index contributed by atoms with van der Waals surface area (Å²) in [5.41, 5.74) is 1.93. The van der Waals surface area contributed by atoms with E-state index in [0.717, 1.165) is 11.3 Å². The van der Waals surface area contributed by atoms with Crippen LogP contribution in [0.25, 0.3) is 0 Å². The van der Waals surface area contributed by atoms with Gasteiger partial charge < -0.3 is 4.90 Å². The van der Waals surface area contributed by atoms with E-state index >= 15 is 0 Å². The fourth-order valence-electron chi connectivity index (χ4n) is 2.15. The zero-order valence-corrected chi connectivity index (χ0v) is 12.9. The average Bonchev–Trinajstić information content (AvgIpc) is 2.45. The lowest BCUT2D eigenvalue weighted by Gasteiger charge is -2.27. The van der Waals surface area contributed by atoms with E-state index in [0.29, 0.717) is 13.0 Å². The SMILES string of the molecule is CC(C)(C)CC(=O)N(Cc1cccnc1)c1ccccc1. The van der Waals surface area contributed by atoms with Crippen molar-refractivity contribution in [3.8, 4) is 0 Å². The van der Waals surface area contributed by atoms with Crippen LogP contribution in [-0.4, -0.2) is 10.9 Å². The number of aromatic nitrogens is 1. The maximum Gasteiger partial charge on any atom is 0.227 e. The van der Waals surface area contributed by atoms with Crippen LogP contribution in [-0.2, 0) is 11.3 Å². The molecule has 0 saturated carbocycles. The van der Waals surface area contributed by atoms with E-state index in [1.54, 1.807) is 12.4 Å². The number of hydrogen-bond acceptors (Lipinski definition) is 2. The minimum Gasteiger partial charge on any atom is -0.308 e. The molecule has 1 aromatic carbocycles. The number of anilines is 1. The molecule has 0 radical (unpaired) electrons. The second kappa shape index (κ2) is 6.53. The number of nitrogens with zero attached hydrogens (tertiary/aromatic N) is 2. The smallest absolute Gasteiger partial charge is 0.227 e. The maximum absolute atomic E-state index is 12.7. The first-order valence-corrected chi connectivity index (χ1v) is 7.20. The van der Waals surface area contributed by atoms with Crippen molar-refractivity contribution in [2.24, 2.45) is 5.41 Å². The number of amides is 1. The number of benzene rings is 1. The Labute approximate surface area is 126 Å². The number of rotatable bonds is 4. The van der Waals surface area contributed by atoms with Crippen LogP contribution in [0.2, 0.25) is 0 Å². The molecule has 0 spiro atoms. The summed E-state index contributed by atoms with van der Waals surface area (Å²) in [6, 6.07) is 13.7. The molecule has 0 N–H and O–H groups in total. The lowest BCUT2D eigenvalue weighted by Crippen LogP contribution is -2.33. The Balaban J connectivity index is 2.25. The molecule has 0 unspecified atom stereocenters. The van der Waals surface area contributed by atoms with Gasteiger partial charge in [0.1, 0.15) is 0 Å². The highest BCUT2D eigenvalue weighted by molar-refractivity contribution is 5.93. The van der Waals surface area contributed by atoms with Gasteiger partial charge in [-0.1, -0.05) is 45.0 Å². The molecule has 1 heterocycles.